The third-order valence-electron chi connectivity index (χ3n) is 2.96. The van der Waals surface area contributed by atoms with Crippen molar-refractivity contribution in [3.63, 3.8) is 0 Å². The third kappa shape index (κ3) is 1.91. The number of nitrogens with zero attached hydrogens (tertiary/aromatic N) is 2. The molecule has 6 heteroatoms. The Morgan fingerprint density at radius 3 is 2.79 bits per heavy atom. The smallest absolute Gasteiger partial charge is 0.356 e. The predicted molar refractivity (Wildman–Crippen MR) is 66.6 cm³/mol. The highest BCUT2D eigenvalue weighted by Crippen LogP contribution is 2.35. The lowest BCUT2D eigenvalue weighted by atomic mass is 10.1. The maximum atomic E-state index is 11.2. The second kappa shape index (κ2) is 4.31. The first-order valence-corrected chi connectivity index (χ1v) is 5.81. The van der Waals surface area contributed by atoms with Gasteiger partial charge < -0.3 is 19.1 Å². The third-order valence-corrected chi connectivity index (χ3v) is 2.96. The van der Waals surface area contributed by atoms with E-state index in [-0.39, 0.29) is 5.69 Å². The number of aromatic carboxylic acids is 1. The lowest BCUT2D eigenvalue weighted by molar-refractivity contribution is 0.0692. The Labute approximate surface area is 109 Å². The van der Waals surface area contributed by atoms with Gasteiger partial charge in [-0.25, -0.2) is 9.78 Å². The van der Waals surface area contributed by atoms with E-state index in [2.05, 4.69) is 4.98 Å². The van der Waals surface area contributed by atoms with Crippen LogP contribution in [0.3, 0.4) is 0 Å². The largest absolute Gasteiger partial charge is 0.486 e. The van der Waals surface area contributed by atoms with Crippen molar-refractivity contribution in [3.05, 3.63) is 30.2 Å². The van der Waals surface area contributed by atoms with Gasteiger partial charge in [0.05, 0.1) is 12.0 Å². The zero-order chi connectivity index (χ0) is 13.4. The summed E-state index contributed by atoms with van der Waals surface area (Å²) in [5, 5.41) is 9.15. The minimum atomic E-state index is -1.05. The fraction of sp³-hybridized carbons (Fsp3) is 0.231. The Kier molecular flexibility index (Phi) is 2.63. The van der Waals surface area contributed by atoms with Crippen molar-refractivity contribution in [2.75, 3.05) is 13.2 Å². The fourth-order valence-corrected chi connectivity index (χ4v) is 2.12. The summed E-state index contributed by atoms with van der Waals surface area (Å²) in [4.78, 5) is 15.1. The molecule has 1 aromatic heterocycles. The van der Waals surface area contributed by atoms with Crippen LogP contribution in [-0.4, -0.2) is 33.8 Å². The van der Waals surface area contributed by atoms with Crippen molar-refractivity contribution in [2.24, 2.45) is 7.05 Å². The van der Waals surface area contributed by atoms with Crippen molar-refractivity contribution in [1.82, 2.24) is 9.55 Å². The molecule has 1 aromatic carbocycles. The normalized spacial score (nSPS) is 13.3. The Hall–Kier alpha value is -2.50. The van der Waals surface area contributed by atoms with Crippen LogP contribution in [0, 0.1) is 0 Å². The number of ether oxygens (including phenoxy) is 2. The first-order chi connectivity index (χ1) is 9.16. The zero-order valence-corrected chi connectivity index (χ0v) is 10.3. The van der Waals surface area contributed by atoms with E-state index in [0.29, 0.717) is 30.4 Å². The number of carbonyl (C=O) groups is 1. The number of fused-ring (bicyclic) bond motifs is 1. The number of carboxylic acid groups (broad SMARTS) is 1. The first-order valence-electron chi connectivity index (χ1n) is 5.81. The highest BCUT2D eigenvalue weighted by Gasteiger charge is 2.20. The van der Waals surface area contributed by atoms with Crippen molar-refractivity contribution in [3.8, 4) is 22.8 Å². The molecule has 1 aliphatic heterocycles. The zero-order valence-electron chi connectivity index (χ0n) is 10.3. The second-order valence-electron chi connectivity index (χ2n) is 4.22. The predicted octanol–water partition coefficient (Wildman–Crippen LogP) is 1.56. The summed E-state index contributed by atoms with van der Waals surface area (Å²) in [7, 11) is 1.76. The molecule has 0 saturated heterocycles. The lowest BCUT2D eigenvalue weighted by Crippen LogP contribution is -2.15. The quantitative estimate of drug-likeness (QED) is 0.887. The molecule has 98 valence electrons. The lowest BCUT2D eigenvalue weighted by Gasteiger charge is -2.19. The number of aryl methyl sites for hydroxylation is 1. The molecule has 19 heavy (non-hydrogen) atoms. The molecule has 2 heterocycles. The molecule has 0 saturated carbocycles. The van der Waals surface area contributed by atoms with E-state index in [0.717, 1.165) is 5.56 Å². The maximum absolute atomic E-state index is 11.2. The summed E-state index contributed by atoms with van der Waals surface area (Å²) in [5.41, 5.74) is 1.31. The fourth-order valence-electron chi connectivity index (χ4n) is 2.12. The summed E-state index contributed by atoms with van der Waals surface area (Å²) in [6.07, 6.45) is 1.48. The number of aromatic nitrogens is 2. The van der Waals surface area contributed by atoms with E-state index < -0.39 is 5.97 Å². The highest BCUT2D eigenvalue weighted by atomic mass is 16.6. The molecule has 1 N–H and O–H groups in total. The van der Waals surface area contributed by atoms with Gasteiger partial charge in [-0.15, -0.1) is 0 Å². The Morgan fingerprint density at radius 2 is 2.05 bits per heavy atom. The highest BCUT2D eigenvalue weighted by molar-refractivity contribution is 5.93. The van der Waals surface area contributed by atoms with Gasteiger partial charge in [0.2, 0.25) is 0 Å². The van der Waals surface area contributed by atoms with E-state index in [1.165, 1.54) is 6.33 Å². The van der Waals surface area contributed by atoms with Crippen LogP contribution in [-0.2, 0) is 7.05 Å². The summed E-state index contributed by atoms with van der Waals surface area (Å²) in [6.45, 7) is 1.02. The number of benzene rings is 1. The van der Waals surface area contributed by atoms with Crippen LogP contribution in [0.1, 0.15) is 10.5 Å². The van der Waals surface area contributed by atoms with Crippen molar-refractivity contribution in [1.29, 1.82) is 0 Å². The second-order valence-corrected chi connectivity index (χ2v) is 4.22. The summed E-state index contributed by atoms with van der Waals surface area (Å²) in [6, 6.07) is 5.36. The van der Waals surface area contributed by atoms with Gasteiger partial charge >= 0.3 is 5.97 Å². The Bertz CT molecular complexity index is 648. The molecule has 2 aromatic rings. The van der Waals surface area contributed by atoms with E-state index in [1.807, 2.05) is 0 Å². The van der Waals surface area contributed by atoms with Crippen molar-refractivity contribution < 1.29 is 19.4 Å². The number of imidazole rings is 1. The molecular formula is C13H12N2O4. The average Bonchev–Trinajstić information content (AvgIpc) is 2.80. The molecule has 0 aliphatic carbocycles. The minimum absolute atomic E-state index is 0.0270. The topological polar surface area (TPSA) is 73.6 Å². The van der Waals surface area contributed by atoms with Crippen molar-refractivity contribution >= 4 is 5.97 Å². The SMILES string of the molecule is Cn1cnc(C(=O)O)c1-c1ccc2c(c1)OCCO2. The van der Waals surface area contributed by atoms with Gasteiger partial charge in [-0.1, -0.05) is 0 Å². The first kappa shape index (κ1) is 11.6. The molecule has 0 amide bonds. The minimum Gasteiger partial charge on any atom is -0.486 e. The molecule has 0 unspecified atom stereocenters. The van der Waals surface area contributed by atoms with Gasteiger partial charge in [0.1, 0.15) is 13.2 Å². The molecule has 0 fully saturated rings. The standard InChI is InChI=1S/C13H12N2O4/c1-15-7-14-11(13(16)17)12(15)8-2-3-9-10(6-8)19-5-4-18-9/h2-3,6-7H,4-5H2,1H3,(H,16,17). The molecular weight excluding hydrogens is 248 g/mol. The van der Waals surface area contributed by atoms with Gasteiger partial charge in [-0.3, -0.25) is 0 Å². The molecule has 0 radical (unpaired) electrons. The van der Waals surface area contributed by atoms with Gasteiger partial charge in [0.15, 0.2) is 17.2 Å². The van der Waals surface area contributed by atoms with E-state index in [1.54, 1.807) is 29.8 Å². The van der Waals surface area contributed by atoms with Crippen LogP contribution in [0.5, 0.6) is 11.5 Å². The van der Waals surface area contributed by atoms with Gasteiger partial charge in [-0.05, 0) is 18.2 Å². The van der Waals surface area contributed by atoms with Crippen LogP contribution < -0.4 is 9.47 Å². The molecule has 0 spiro atoms. The summed E-state index contributed by atoms with van der Waals surface area (Å²) < 4.78 is 12.6. The number of hydrogen-bond acceptors (Lipinski definition) is 4. The van der Waals surface area contributed by atoms with Gasteiger partial charge in [0.25, 0.3) is 0 Å². The van der Waals surface area contributed by atoms with Crippen LogP contribution >= 0.6 is 0 Å². The van der Waals surface area contributed by atoms with Crippen molar-refractivity contribution in [2.45, 2.75) is 0 Å². The molecule has 6 nitrogen and oxygen atoms in total. The molecule has 0 bridgehead atoms. The number of carboxylic acids is 1. The monoisotopic (exact) mass is 260 g/mol. The molecule has 1 aliphatic rings. The van der Waals surface area contributed by atoms with E-state index in [9.17, 15) is 4.79 Å². The average molecular weight is 260 g/mol. The molecule has 3 rings (SSSR count). The molecule has 0 atom stereocenters. The van der Waals surface area contributed by atoms with Gasteiger partial charge in [-0.2, -0.15) is 0 Å². The Morgan fingerprint density at radius 1 is 1.32 bits per heavy atom. The number of hydrogen-bond donors (Lipinski definition) is 1. The van der Waals surface area contributed by atoms with E-state index >= 15 is 0 Å². The summed E-state index contributed by atoms with van der Waals surface area (Å²) in [5.74, 6) is 0.251. The summed E-state index contributed by atoms with van der Waals surface area (Å²) >= 11 is 0. The van der Waals surface area contributed by atoms with Crippen LogP contribution in [0.15, 0.2) is 24.5 Å². The van der Waals surface area contributed by atoms with Gasteiger partial charge in [0, 0.05) is 12.6 Å². The number of rotatable bonds is 2. The Balaban J connectivity index is 2.12. The van der Waals surface area contributed by atoms with Crippen LogP contribution in [0.25, 0.3) is 11.3 Å². The maximum Gasteiger partial charge on any atom is 0.356 e. The van der Waals surface area contributed by atoms with Crippen LogP contribution in [0.4, 0.5) is 0 Å². The van der Waals surface area contributed by atoms with E-state index in [4.69, 9.17) is 14.6 Å². The van der Waals surface area contributed by atoms with Crippen LogP contribution in [0.2, 0.25) is 0 Å².